The standard InChI is InChI=1S/C24H48O5S2/c1-3-5-7-9-11-12-14-16-18-21(17-15-13-10-8-6-4-2)24(29)31(20-23(27)28)30-19-22(25)26/h21,24,29,31H,3-20H2,1-2H3,(H,25,26)(H,27,28). The molecule has 3 unspecified atom stereocenters. The van der Waals surface area contributed by atoms with Crippen LogP contribution in [-0.2, 0) is 9.59 Å². The van der Waals surface area contributed by atoms with Gasteiger partial charge >= 0.3 is 11.9 Å². The summed E-state index contributed by atoms with van der Waals surface area (Å²) in [5.74, 6) is -2.09. The Labute approximate surface area is 196 Å². The predicted molar refractivity (Wildman–Crippen MR) is 136 cm³/mol. The van der Waals surface area contributed by atoms with Crippen LogP contribution in [0, 0.1) is 5.92 Å². The van der Waals surface area contributed by atoms with E-state index < -0.39 is 27.3 Å². The van der Waals surface area contributed by atoms with Crippen molar-refractivity contribution in [3.05, 3.63) is 0 Å². The fourth-order valence-electron chi connectivity index (χ4n) is 3.89. The molecular weight excluding hydrogens is 432 g/mol. The zero-order valence-electron chi connectivity index (χ0n) is 19.9. The van der Waals surface area contributed by atoms with Crippen LogP contribution in [0.2, 0.25) is 0 Å². The molecule has 0 bridgehead atoms. The van der Waals surface area contributed by atoms with Crippen LogP contribution in [0.5, 0.6) is 0 Å². The molecule has 0 amide bonds. The van der Waals surface area contributed by atoms with E-state index in [-0.39, 0.29) is 17.4 Å². The zero-order valence-corrected chi connectivity index (χ0v) is 21.6. The molecule has 0 saturated heterocycles. The van der Waals surface area contributed by atoms with E-state index in [4.69, 9.17) is 5.11 Å². The van der Waals surface area contributed by atoms with E-state index in [0.717, 1.165) is 49.3 Å². The lowest BCUT2D eigenvalue weighted by Crippen LogP contribution is -2.23. The second kappa shape index (κ2) is 21.4. The summed E-state index contributed by atoms with van der Waals surface area (Å²) in [6.07, 6.45) is 18.9. The SMILES string of the molecule is CCCCCCCCCCC(CCCCCCCC)C(O)[SH](CC(=O)O)SCC(=O)O. The minimum Gasteiger partial charge on any atom is -0.481 e. The number of aliphatic hydroxyl groups is 1. The third kappa shape index (κ3) is 18.8. The van der Waals surface area contributed by atoms with E-state index in [0.29, 0.717) is 0 Å². The van der Waals surface area contributed by atoms with Gasteiger partial charge in [0.1, 0.15) is 0 Å². The Bertz CT molecular complexity index is 448. The number of carboxylic acids is 2. The summed E-state index contributed by atoms with van der Waals surface area (Å²) in [4.78, 5) is 22.3. The quantitative estimate of drug-likeness (QED) is 0.0713. The third-order valence-electron chi connectivity index (χ3n) is 5.72. The van der Waals surface area contributed by atoms with Gasteiger partial charge in [-0.1, -0.05) is 104 Å². The van der Waals surface area contributed by atoms with Crippen molar-refractivity contribution in [3.63, 3.8) is 0 Å². The molecule has 7 heteroatoms. The van der Waals surface area contributed by atoms with Gasteiger partial charge in [-0.25, -0.2) is 0 Å². The van der Waals surface area contributed by atoms with Gasteiger partial charge in [0.2, 0.25) is 0 Å². The number of rotatable bonds is 23. The Morgan fingerprint density at radius 2 is 1.13 bits per heavy atom. The average Bonchev–Trinajstić information content (AvgIpc) is 2.73. The lowest BCUT2D eigenvalue weighted by Gasteiger charge is -2.31. The van der Waals surface area contributed by atoms with Gasteiger partial charge in [0, 0.05) is 0 Å². The first-order chi connectivity index (χ1) is 14.9. The normalized spacial score (nSPS) is 14.9. The molecule has 5 nitrogen and oxygen atoms in total. The highest BCUT2D eigenvalue weighted by Gasteiger charge is 2.27. The molecule has 0 saturated carbocycles. The molecule has 3 N–H and O–H groups in total. The van der Waals surface area contributed by atoms with Crippen molar-refractivity contribution in [3.8, 4) is 0 Å². The van der Waals surface area contributed by atoms with Crippen molar-refractivity contribution in [1.82, 2.24) is 0 Å². The summed E-state index contributed by atoms with van der Waals surface area (Å²) < 4.78 is 0. The van der Waals surface area contributed by atoms with Crippen molar-refractivity contribution >= 4 is 32.7 Å². The molecule has 0 aromatic rings. The summed E-state index contributed by atoms with van der Waals surface area (Å²) in [6.45, 7) is 4.43. The summed E-state index contributed by atoms with van der Waals surface area (Å²) in [5.41, 5.74) is -0.698. The largest absolute Gasteiger partial charge is 0.481 e. The molecule has 0 heterocycles. The van der Waals surface area contributed by atoms with Gasteiger partial charge in [0.05, 0.1) is 16.9 Å². The molecule has 186 valence electrons. The molecule has 31 heavy (non-hydrogen) atoms. The Balaban J connectivity index is 4.63. The van der Waals surface area contributed by atoms with Crippen LogP contribution in [-0.4, -0.2) is 44.2 Å². The van der Waals surface area contributed by atoms with Crippen LogP contribution < -0.4 is 0 Å². The fourth-order valence-corrected chi connectivity index (χ4v) is 8.04. The second-order valence-electron chi connectivity index (χ2n) is 8.63. The highest BCUT2D eigenvalue weighted by molar-refractivity contribution is 8.85. The first kappa shape index (κ1) is 30.6. The second-order valence-corrected chi connectivity index (χ2v) is 13.0. The number of thiol groups is 1. The van der Waals surface area contributed by atoms with E-state index in [1.807, 2.05) is 0 Å². The minimum atomic E-state index is -1.31. The number of hydrogen-bond acceptors (Lipinski definition) is 4. The van der Waals surface area contributed by atoms with E-state index in [1.54, 1.807) is 0 Å². The summed E-state index contributed by atoms with van der Waals surface area (Å²) in [5, 5.41) is 29.3. The van der Waals surface area contributed by atoms with E-state index in [9.17, 15) is 19.8 Å². The van der Waals surface area contributed by atoms with Crippen LogP contribution in [0.4, 0.5) is 0 Å². The first-order valence-electron chi connectivity index (χ1n) is 12.4. The van der Waals surface area contributed by atoms with Crippen LogP contribution in [0.1, 0.15) is 117 Å². The highest BCUT2D eigenvalue weighted by atomic mass is 33.1. The Hall–Kier alpha value is -0.400. The van der Waals surface area contributed by atoms with Crippen LogP contribution >= 0.6 is 20.7 Å². The van der Waals surface area contributed by atoms with Crippen LogP contribution in [0.3, 0.4) is 0 Å². The molecular formula is C24H48O5S2. The minimum absolute atomic E-state index is 0.0815. The molecule has 0 rings (SSSR count). The summed E-state index contributed by atoms with van der Waals surface area (Å²) in [6, 6.07) is 0. The number of carboxylic acid groups (broad SMARTS) is 2. The van der Waals surface area contributed by atoms with Crippen molar-refractivity contribution in [2.24, 2.45) is 5.92 Å². The van der Waals surface area contributed by atoms with Gasteiger partial charge in [0.15, 0.2) is 0 Å². The highest BCUT2D eigenvalue weighted by Crippen LogP contribution is 2.48. The van der Waals surface area contributed by atoms with Gasteiger partial charge in [-0.05, 0) is 18.8 Å². The fraction of sp³-hybridized carbons (Fsp3) is 0.917. The van der Waals surface area contributed by atoms with Crippen LogP contribution in [0.15, 0.2) is 0 Å². The smallest absolute Gasteiger partial charge is 0.314 e. The Kier molecular flexibility index (Phi) is 21.2. The predicted octanol–water partition coefficient (Wildman–Crippen LogP) is 7.02. The number of carbonyl (C=O) groups is 2. The van der Waals surface area contributed by atoms with Crippen molar-refractivity contribution in [2.75, 3.05) is 11.5 Å². The maximum Gasteiger partial charge on any atom is 0.314 e. The Morgan fingerprint density at radius 1 is 0.710 bits per heavy atom. The van der Waals surface area contributed by atoms with E-state index >= 15 is 0 Å². The lowest BCUT2D eigenvalue weighted by atomic mass is 9.94. The van der Waals surface area contributed by atoms with Crippen molar-refractivity contribution in [1.29, 1.82) is 0 Å². The van der Waals surface area contributed by atoms with Gasteiger partial charge in [-0.15, -0.1) is 10.8 Å². The zero-order chi connectivity index (χ0) is 23.3. The molecule has 0 aliphatic rings. The molecule has 0 aliphatic heterocycles. The topological polar surface area (TPSA) is 94.8 Å². The number of aliphatic carboxylic acids is 2. The summed E-state index contributed by atoms with van der Waals surface area (Å²) >= 11 is 0. The third-order valence-corrected chi connectivity index (χ3v) is 10.4. The number of aliphatic hydroxyl groups excluding tert-OH is 1. The molecule has 0 spiro atoms. The first-order valence-corrected chi connectivity index (χ1v) is 15.6. The van der Waals surface area contributed by atoms with Crippen LogP contribution in [0.25, 0.3) is 0 Å². The maximum atomic E-state index is 11.3. The van der Waals surface area contributed by atoms with Gasteiger partial charge in [-0.3, -0.25) is 9.59 Å². The van der Waals surface area contributed by atoms with E-state index in [2.05, 4.69) is 13.8 Å². The van der Waals surface area contributed by atoms with Crippen molar-refractivity contribution < 1.29 is 24.9 Å². The van der Waals surface area contributed by atoms with Gasteiger partial charge < -0.3 is 15.3 Å². The Morgan fingerprint density at radius 3 is 1.52 bits per heavy atom. The molecule has 3 atom stereocenters. The number of hydrogen-bond donors (Lipinski definition) is 4. The molecule has 0 aromatic heterocycles. The monoisotopic (exact) mass is 480 g/mol. The van der Waals surface area contributed by atoms with Gasteiger partial charge in [-0.2, -0.15) is 9.93 Å². The summed E-state index contributed by atoms with van der Waals surface area (Å²) in [7, 11) is -0.172. The molecule has 0 fully saturated rings. The van der Waals surface area contributed by atoms with Gasteiger partial charge in [0.25, 0.3) is 0 Å². The molecule has 0 radical (unpaired) electrons. The molecule has 0 aliphatic carbocycles. The maximum absolute atomic E-state index is 11.3. The lowest BCUT2D eigenvalue weighted by molar-refractivity contribution is -0.135. The average molecular weight is 481 g/mol. The molecule has 0 aromatic carbocycles. The number of unbranched alkanes of at least 4 members (excludes halogenated alkanes) is 12. The van der Waals surface area contributed by atoms with E-state index in [1.165, 1.54) is 64.2 Å². The van der Waals surface area contributed by atoms with Crippen molar-refractivity contribution in [2.45, 2.75) is 122 Å².